The third kappa shape index (κ3) is 5.98. The van der Waals surface area contributed by atoms with Gasteiger partial charge in [-0.15, -0.1) is 0 Å². The number of carbonyl (C=O) groups is 1. The van der Waals surface area contributed by atoms with Crippen LogP contribution < -0.4 is 4.74 Å². The van der Waals surface area contributed by atoms with Gasteiger partial charge >= 0.3 is 0 Å². The molecule has 0 N–H and O–H groups in total. The number of ether oxygens (including phenoxy) is 2. The minimum Gasteiger partial charge on any atom is -0.484 e. The SMILES string of the molecule is Cc1cc(C)cc(OCC(=O)N(Cc2ccc(Cl)cc2)CC2CCCO2)c1. The number of hydrogen-bond acceptors (Lipinski definition) is 3. The van der Waals surface area contributed by atoms with Gasteiger partial charge in [0.1, 0.15) is 5.75 Å². The van der Waals surface area contributed by atoms with E-state index in [1.807, 2.05) is 55.1 Å². The quantitative estimate of drug-likeness (QED) is 0.699. The highest BCUT2D eigenvalue weighted by Gasteiger charge is 2.23. The summed E-state index contributed by atoms with van der Waals surface area (Å²) in [7, 11) is 0. The summed E-state index contributed by atoms with van der Waals surface area (Å²) < 4.78 is 11.5. The Morgan fingerprint density at radius 2 is 1.89 bits per heavy atom. The van der Waals surface area contributed by atoms with Crippen molar-refractivity contribution in [2.24, 2.45) is 0 Å². The molecule has 1 unspecified atom stereocenters. The van der Waals surface area contributed by atoms with E-state index in [4.69, 9.17) is 21.1 Å². The maximum atomic E-state index is 12.9. The Morgan fingerprint density at radius 3 is 2.52 bits per heavy atom. The van der Waals surface area contributed by atoms with Crippen LogP contribution >= 0.6 is 11.6 Å². The van der Waals surface area contributed by atoms with Crippen LogP contribution in [0, 0.1) is 13.8 Å². The van der Waals surface area contributed by atoms with Crippen molar-refractivity contribution < 1.29 is 14.3 Å². The van der Waals surface area contributed by atoms with Crippen molar-refractivity contribution in [3.8, 4) is 5.75 Å². The summed E-state index contributed by atoms with van der Waals surface area (Å²) in [6.07, 6.45) is 2.14. The minimum absolute atomic E-state index is 0.0171. The number of benzene rings is 2. The third-order valence-electron chi connectivity index (χ3n) is 4.64. The lowest BCUT2D eigenvalue weighted by atomic mass is 10.1. The van der Waals surface area contributed by atoms with Gasteiger partial charge in [-0.25, -0.2) is 0 Å². The Balaban J connectivity index is 1.66. The van der Waals surface area contributed by atoms with E-state index in [1.165, 1.54) is 0 Å². The van der Waals surface area contributed by atoms with Crippen molar-refractivity contribution in [1.29, 1.82) is 0 Å². The summed E-state index contributed by atoms with van der Waals surface area (Å²) >= 11 is 5.97. The van der Waals surface area contributed by atoms with Gasteiger partial charge in [-0.2, -0.15) is 0 Å². The van der Waals surface area contributed by atoms with Crippen LogP contribution in [0.4, 0.5) is 0 Å². The highest BCUT2D eigenvalue weighted by atomic mass is 35.5. The average molecular weight is 388 g/mol. The van der Waals surface area contributed by atoms with E-state index < -0.39 is 0 Å². The van der Waals surface area contributed by atoms with Crippen molar-refractivity contribution >= 4 is 17.5 Å². The van der Waals surface area contributed by atoms with Crippen LogP contribution in [0.15, 0.2) is 42.5 Å². The van der Waals surface area contributed by atoms with Gasteiger partial charge < -0.3 is 14.4 Å². The van der Waals surface area contributed by atoms with Crippen LogP contribution in [0.2, 0.25) is 5.02 Å². The summed E-state index contributed by atoms with van der Waals surface area (Å²) in [6, 6.07) is 13.6. The Hall–Kier alpha value is -2.04. The molecule has 1 saturated heterocycles. The molecule has 0 bridgehead atoms. The molecule has 2 aromatic rings. The maximum Gasteiger partial charge on any atom is 0.260 e. The second kappa shape index (κ2) is 9.25. The van der Waals surface area contributed by atoms with E-state index in [0.717, 1.165) is 41.9 Å². The van der Waals surface area contributed by atoms with Gasteiger partial charge in [-0.3, -0.25) is 4.79 Å². The number of rotatable bonds is 7. The first kappa shape index (κ1) is 19.7. The zero-order valence-corrected chi connectivity index (χ0v) is 16.7. The van der Waals surface area contributed by atoms with E-state index in [1.54, 1.807) is 0 Å². The fourth-order valence-electron chi connectivity index (χ4n) is 3.35. The molecule has 4 nitrogen and oxygen atoms in total. The lowest BCUT2D eigenvalue weighted by molar-refractivity contribution is -0.135. The Labute approximate surface area is 166 Å². The van der Waals surface area contributed by atoms with Gasteiger partial charge in [0.05, 0.1) is 6.10 Å². The first-order chi connectivity index (χ1) is 13.0. The lowest BCUT2D eigenvalue weighted by Crippen LogP contribution is -2.39. The summed E-state index contributed by atoms with van der Waals surface area (Å²) in [5.41, 5.74) is 3.28. The molecule has 0 spiro atoms. The topological polar surface area (TPSA) is 38.8 Å². The second-order valence-electron chi connectivity index (χ2n) is 7.15. The van der Waals surface area contributed by atoms with Gasteiger partial charge in [0.15, 0.2) is 6.61 Å². The molecule has 144 valence electrons. The van der Waals surface area contributed by atoms with Gasteiger partial charge in [0, 0.05) is 24.7 Å². The van der Waals surface area contributed by atoms with Gasteiger partial charge in [0.2, 0.25) is 0 Å². The molecule has 2 aromatic carbocycles. The molecular weight excluding hydrogens is 362 g/mol. The number of carbonyl (C=O) groups excluding carboxylic acids is 1. The van der Waals surface area contributed by atoms with Crippen LogP contribution in [-0.4, -0.2) is 36.7 Å². The Morgan fingerprint density at radius 1 is 1.19 bits per heavy atom. The van der Waals surface area contributed by atoms with Crippen LogP contribution in [0.25, 0.3) is 0 Å². The summed E-state index contributed by atoms with van der Waals surface area (Å²) in [5, 5.41) is 0.689. The van der Waals surface area contributed by atoms with E-state index in [2.05, 4.69) is 6.07 Å². The standard InChI is InChI=1S/C22H26ClNO3/c1-16-10-17(2)12-21(11-16)27-15-22(25)24(14-20-4-3-9-26-20)13-18-5-7-19(23)8-6-18/h5-8,10-12,20H,3-4,9,13-15H2,1-2H3. The molecule has 1 amide bonds. The second-order valence-corrected chi connectivity index (χ2v) is 7.58. The van der Waals surface area contributed by atoms with E-state index in [0.29, 0.717) is 18.1 Å². The first-order valence-electron chi connectivity index (χ1n) is 9.34. The molecule has 1 fully saturated rings. The zero-order valence-electron chi connectivity index (χ0n) is 15.9. The normalized spacial score (nSPS) is 16.3. The van der Waals surface area contributed by atoms with Crippen LogP contribution in [0.1, 0.15) is 29.5 Å². The molecule has 1 heterocycles. The van der Waals surface area contributed by atoms with Crippen LogP contribution in [-0.2, 0) is 16.1 Å². The lowest BCUT2D eigenvalue weighted by Gasteiger charge is -2.26. The predicted molar refractivity (Wildman–Crippen MR) is 107 cm³/mol. The molecule has 5 heteroatoms. The highest BCUT2D eigenvalue weighted by molar-refractivity contribution is 6.30. The van der Waals surface area contributed by atoms with E-state index >= 15 is 0 Å². The molecule has 3 rings (SSSR count). The highest BCUT2D eigenvalue weighted by Crippen LogP contribution is 2.19. The van der Waals surface area contributed by atoms with Gasteiger partial charge in [0.25, 0.3) is 5.91 Å². The Bertz CT molecular complexity index is 749. The van der Waals surface area contributed by atoms with Crippen molar-refractivity contribution in [2.45, 2.75) is 39.3 Å². The van der Waals surface area contributed by atoms with Gasteiger partial charge in [-0.05, 0) is 67.6 Å². The number of hydrogen-bond donors (Lipinski definition) is 0. The smallest absolute Gasteiger partial charge is 0.260 e. The van der Waals surface area contributed by atoms with Crippen LogP contribution in [0.3, 0.4) is 0 Å². The summed E-state index contributed by atoms with van der Waals surface area (Å²) in [6.45, 7) is 5.93. The predicted octanol–water partition coefficient (Wildman–Crippen LogP) is 4.54. The average Bonchev–Trinajstić information content (AvgIpc) is 3.13. The fourth-order valence-corrected chi connectivity index (χ4v) is 3.48. The molecule has 1 aliphatic rings. The molecule has 0 aromatic heterocycles. The van der Waals surface area contributed by atoms with Crippen LogP contribution in [0.5, 0.6) is 5.75 Å². The number of amides is 1. The number of halogens is 1. The fraction of sp³-hybridized carbons (Fsp3) is 0.409. The molecular formula is C22H26ClNO3. The van der Waals surface area contributed by atoms with Gasteiger partial charge in [-0.1, -0.05) is 29.8 Å². The van der Waals surface area contributed by atoms with Crippen molar-refractivity contribution in [3.63, 3.8) is 0 Å². The summed E-state index contributed by atoms with van der Waals surface area (Å²) in [4.78, 5) is 14.7. The Kier molecular flexibility index (Phi) is 6.75. The third-order valence-corrected chi connectivity index (χ3v) is 4.90. The van der Waals surface area contributed by atoms with Crippen molar-refractivity contribution in [2.75, 3.05) is 19.8 Å². The van der Waals surface area contributed by atoms with Crippen molar-refractivity contribution in [3.05, 3.63) is 64.2 Å². The monoisotopic (exact) mass is 387 g/mol. The molecule has 0 saturated carbocycles. The largest absolute Gasteiger partial charge is 0.484 e. The molecule has 27 heavy (non-hydrogen) atoms. The van der Waals surface area contributed by atoms with E-state index in [9.17, 15) is 4.79 Å². The molecule has 0 aliphatic carbocycles. The number of aryl methyl sites for hydroxylation is 2. The molecule has 1 aliphatic heterocycles. The molecule has 0 radical (unpaired) electrons. The van der Waals surface area contributed by atoms with E-state index in [-0.39, 0.29) is 18.6 Å². The maximum absolute atomic E-state index is 12.9. The zero-order chi connectivity index (χ0) is 19.2. The summed E-state index contributed by atoms with van der Waals surface area (Å²) in [5.74, 6) is 0.684. The number of nitrogens with zero attached hydrogens (tertiary/aromatic N) is 1. The molecule has 1 atom stereocenters. The van der Waals surface area contributed by atoms with Crippen molar-refractivity contribution in [1.82, 2.24) is 4.90 Å². The minimum atomic E-state index is -0.0420. The first-order valence-corrected chi connectivity index (χ1v) is 9.72.